The number of likely N-dealkylation sites (tertiary alicyclic amines) is 1. The van der Waals surface area contributed by atoms with Gasteiger partial charge in [0.1, 0.15) is 0 Å². The van der Waals surface area contributed by atoms with Gasteiger partial charge in [0.25, 0.3) is 0 Å². The second kappa shape index (κ2) is 8.15. The number of piperidine rings is 1. The molecule has 1 unspecified atom stereocenters. The smallest absolute Gasteiger partial charge is 0.306 e. The van der Waals surface area contributed by atoms with Crippen molar-refractivity contribution in [2.24, 2.45) is 0 Å². The number of carbonyl (C=O) groups excluding carboxylic acids is 2. The Hall–Kier alpha value is -1.10. The molecular weight excluding hydrogens is 244 g/mol. The Morgan fingerprint density at radius 3 is 2.42 bits per heavy atom. The van der Waals surface area contributed by atoms with E-state index in [4.69, 9.17) is 0 Å². The van der Waals surface area contributed by atoms with Gasteiger partial charge in [0.05, 0.1) is 19.6 Å². The number of methoxy groups -OCH3 is 1. The molecule has 1 rings (SSSR count). The molecule has 19 heavy (non-hydrogen) atoms. The molecule has 110 valence electrons. The zero-order chi connectivity index (χ0) is 14.3. The number of amides is 1. The molecule has 0 spiro atoms. The highest BCUT2D eigenvalue weighted by Crippen LogP contribution is 2.12. The first kappa shape index (κ1) is 16.0. The Balaban J connectivity index is 2.48. The van der Waals surface area contributed by atoms with Gasteiger partial charge in [-0.1, -0.05) is 6.92 Å². The fourth-order valence-electron chi connectivity index (χ4n) is 2.50. The molecule has 1 aliphatic heterocycles. The van der Waals surface area contributed by atoms with E-state index < -0.39 is 0 Å². The molecule has 1 aliphatic rings. The number of likely N-dealkylation sites (N-methyl/N-ethyl adjacent to an activating group) is 1. The van der Waals surface area contributed by atoms with Crippen LogP contribution < -0.4 is 0 Å². The van der Waals surface area contributed by atoms with E-state index in [0.29, 0.717) is 13.0 Å². The quantitative estimate of drug-likeness (QED) is 0.682. The summed E-state index contributed by atoms with van der Waals surface area (Å²) in [6.07, 6.45) is 3.76. The van der Waals surface area contributed by atoms with Gasteiger partial charge in [-0.3, -0.25) is 14.5 Å². The van der Waals surface area contributed by atoms with Crippen LogP contribution in [0.3, 0.4) is 0 Å². The summed E-state index contributed by atoms with van der Waals surface area (Å²) in [5, 5.41) is 0. The molecule has 1 fully saturated rings. The molecule has 0 bridgehead atoms. The topological polar surface area (TPSA) is 49.9 Å². The number of esters is 1. The molecule has 1 atom stereocenters. The van der Waals surface area contributed by atoms with Crippen LogP contribution in [0.15, 0.2) is 0 Å². The van der Waals surface area contributed by atoms with Crippen LogP contribution in [0.25, 0.3) is 0 Å². The molecule has 0 radical (unpaired) electrons. The summed E-state index contributed by atoms with van der Waals surface area (Å²) in [5.41, 5.74) is 0. The number of rotatable bonds is 6. The second-order valence-corrected chi connectivity index (χ2v) is 5.02. The third-order valence-electron chi connectivity index (χ3n) is 3.81. The third kappa shape index (κ3) is 4.82. The highest BCUT2D eigenvalue weighted by molar-refractivity contribution is 5.81. The molecule has 5 heteroatoms. The lowest BCUT2D eigenvalue weighted by molar-refractivity contribution is -0.143. The van der Waals surface area contributed by atoms with Crippen molar-refractivity contribution in [3.8, 4) is 0 Å². The average molecular weight is 270 g/mol. The maximum absolute atomic E-state index is 12.4. The van der Waals surface area contributed by atoms with Gasteiger partial charge in [-0.25, -0.2) is 0 Å². The zero-order valence-electron chi connectivity index (χ0n) is 12.4. The predicted molar refractivity (Wildman–Crippen MR) is 73.8 cm³/mol. The van der Waals surface area contributed by atoms with Crippen LogP contribution in [0.1, 0.15) is 39.5 Å². The van der Waals surface area contributed by atoms with Crippen molar-refractivity contribution < 1.29 is 14.3 Å². The van der Waals surface area contributed by atoms with Crippen LogP contribution in [-0.4, -0.2) is 61.0 Å². The van der Waals surface area contributed by atoms with Crippen molar-refractivity contribution in [3.05, 3.63) is 0 Å². The van der Waals surface area contributed by atoms with Crippen LogP contribution in [0.2, 0.25) is 0 Å². The van der Waals surface area contributed by atoms with E-state index in [1.165, 1.54) is 13.5 Å². The normalized spacial score (nSPS) is 17.4. The molecule has 0 aromatic carbocycles. The lowest BCUT2D eigenvalue weighted by Gasteiger charge is -2.33. The van der Waals surface area contributed by atoms with E-state index in [9.17, 15) is 9.59 Å². The van der Waals surface area contributed by atoms with Gasteiger partial charge in [0.15, 0.2) is 0 Å². The molecule has 0 N–H and O–H groups in total. The standard InChI is InChI=1S/C14H26N2O3/c1-4-15(11-8-13(17)19-3)12(2)14(18)16-9-6-5-7-10-16/h12H,4-11H2,1-3H3. The van der Waals surface area contributed by atoms with E-state index in [-0.39, 0.29) is 17.9 Å². The third-order valence-corrected chi connectivity index (χ3v) is 3.81. The predicted octanol–water partition coefficient (Wildman–Crippen LogP) is 1.27. The van der Waals surface area contributed by atoms with Gasteiger partial charge >= 0.3 is 5.97 Å². The molecule has 1 heterocycles. The first-order chi connectivity index (χ1) is 9.10. The molecule has 1 saturated heterocycles. The first-order valence-corrected chi connectivity index (χ1v) is 7.19. The van der Waals surface area contributed by atoms with Crippen LogP contribution in [0, 0.1) is 0 Å². The highest BCUT2D eigenvalue weighted by Gasteiger charge is 2.26. The van der Waals surface area contributed by atoms with E-state index >= 15 is 0 Å². The molecule has 5 nitrogen and oxygen atoms in total. The van der Waals surface area contributed by atoms with Crippen molar-refractivity contribution in [2.75, 3.05) is 33.3 Å². The van der Waals surface area contributed by atoms with E-state index in [2.05, 4.69) is 4.74 Å². The molecular formula is C14H26N2O3. The van der Waals surface area contributed by atoms with Crippen molar-refractivity contribution in [1.82, 2.24) is 9.80 Å². The Morgan fingerprint density at radius 2 is 1.89 bits per heavy atom. The molecule has 1 amide bonds. The number of carbonyl (C=O) groups is 2. The van der Waals surface area contributed by atoms with Crippen LogP contribution in [-0.2, 0) is 14.3 Å². The van der Waals surface area contributed by atoms with Crippen molar-refractivity contribution >= 4 is 11.9 Å². The first-order valence-electron chi connectivity index (χ1n) is 7.19. The summed E-state index contributed by atoms with van der Waals surface area (Å²) in [5.74, 6) is -0.0394. The maximum Gasteiger partial charge on any atom is 0.306 e. The van der Waals surface area contributed by atoms with Crippen molar-refractivity contribution in [2.45, 2.75) is 45.6 Å². The Labute approximate surface area is 115 Å². The van der Waals surface area contributed by atoms with Crippen LogP contribution >= 0.6 is 0 Å². The van der Waals surface area contributed by atoms with E-state index in [0.717, 1.165) is 32.5 Å². The largest absolute Gasteiger partial charge is 0.469 e. The monoisotopic (exact) mass is 270 g/mol. The number of hydrogen-bond acceptors (Lipinski definition) is 4. The highest BCUT2D eigenvalue weighted by atomic mass is 16.5. The summed E-state index contributed by atoms with van der Waals surface area (Å²) in [7, 11) is 1.39. The van der Waals surface area contributed by atoms with Crippen LogP contribution in [0.5, 0.6) is 0 Å². The minimum absolute atomic E-state index is 0.159. The number of nitrogens with zero attached hydrogens (tertiary/aromatic N) is 2. The summed E-state index contributed by atoms with van der Waals surface area (Å²) in [4.78, 5) is 27.6. The van der Waals surface area contributed by atoms with Gasteiger partial charge in [-0.2, -0.15) is 0 Å². The van der Waals surface area contributed by atoms with E-state index in [1.54, 1.807) is 0 Å². The Kier molecular flexibility index (Phi) is 6.84. The molecule has 0 saturated carbocycles. The number of hydrogen-bond donors (Lipinski definition) is 0. The van der Waals surface area contributed by atoms with Gasteiger partial charge < -0.3 is 9.64 Å². The summed E-state index contributed by atoms with van der Waals surface area (Å²) >= 11 is 0. The van der Waals surface area contributed by atoms with Gasteiger partial charge in [-0.05, 0) is 32.7 Å². The number of ether oxygens (including phenoxy) is 1. The molecule has 0 aliphatic carbocycles. The summed E-state index contributed by atoms with van der Waals surface area (Å²) < 4.78 is 4.64. The minimum atomic E-state index is -0.226. The zero-order valence-corrected chi connectivity index (χ0v) is 12.4. The second-order valence-electron chi connectivity index (χ2n) is 5.02. The molecule has 0 aromatic heterocycles. The van der Waals surface area contributed by atoms with Crippen molar-refractivity contribution in [1.29, 1.82) is 0 Å². The fraction of sp³-hybridized carbons (Fsp3) is 0.857. The van der Waals surface area contributed by atoms with Gasteiger partial charge in [0.2, 0.25) is 5.91 Å². The summed E-state index contributed by atoms with van der Waals surface area (Å²) in [6, 6.07) is -0.159. The van der Waals surface area contributed by atoms with Gasteiger partial charge in [-0.15, -0.1) is 0 Å². The van der Waals surface area contributed by atoms with Crippen LogP contribution in [0.4, 0.5) is 0 Å². The Bertz CT molecular complexity index is 301. The van der Waals surface area contributed by atoms with Gasteiger partial charge in [0, 0.05) is 19.6 Å². The maximum atomic E-state index is 12.4. The van der Waals surface area contributed by atoms with E-state index in [1.807, 2.05) is 23.6 Å². The minimum Gasteiger partial charge on any atom is -0.469 e. The fourth-order valence-corrected chi connectivity index (χ4v) is 2.50. The lowest BCUT2D eigenvalue weighted by Crippen LogP contribution is -2.49. The molecule has 0 aromatic rings. The average Bonchev–Trinajstić information content (AvgIpc) is 2.47. The van der Waals surface area contributed by atoms with Crippen molar-refractivity contribution in [3.63, 3.8) is 0 Å². The Morgan fingerprint density at radius 1 is 1.26 bits per heavy atom. The SMILES string of the molecule is CCN(CCC(=O)OC)C(C)C(=O)N1CCCCC1. The summed E-state index contributed by atoms with van der Waals surface area (Å²) in [6.45, 7) is 7.02. The lowest BCUT2D eigenvalue weighted by atomic mass is 10.1.